The van der Waals surface area contributed by atoms with Crippen molar-refractivity contribution in [3.05, 3.63) is 52.7 Å². The number of carbonyl (C=O) groups is 1. The largest absolute Gasteiger partial charge is 0.367 e. The van der Waals surface area contributed by atoms with Crippen molar-refractivity contribution in [2.75, 3.05) is 43.4 Å². The van der Waals surface area contributed by atoms with Crippen molar-refractivity contribution in [1.82, 2.24) is 4.90 Å². The molecule has 3 rings (SSSR count). The molecule has 0 bridgehead atoms. The Morgan fingerprint density at radius 3 is 2.65 bits per heavy atom. The lowest BCUT2D eigenvalue weighted by Gasteiger charge is -2.35. The number of rotatable bonds is 4. The van der Waals surface area contributed by atoms with E-state index in [0.29, 0.717) is 0 Å². The molecule has 0 spiro atoms. The molecule has 1 amide bonds. The Labute approximate surface area is 141 Å². The van der Waals surface area contributed by atoms with Gasteiger partial charge >= 0.3 is 0 Å². The summed E-state index contributed by atoms with van der Waals surface area (Å²) in [5, 5.41) is 5.01. The van der Waals surface area contributed by atoms with E-state index in [1.165, 1.54) is 0 Å². The van der Waals surface area contributed by atoms with E-state index >= 15 is 0 Å². The third-order valence-corrected chi connectivity index (χ3v) is 4.79. The summed E-state index contributed by atoms with van der Waals surface area (Å²) in [6.45, 7) is 4.05. The number of nitrogens with zero attached hydrogens (tertiary/aromatic N) is 2. The van der Waals surface area contributed by atoms with Crippen LogP contribution in [0.4, 0.5) is 11.4 Å². The van der Waals surface area contributed by atoms with Crippen LogP contribution in [0.1, 0.15) is 4.88 Å². The minimum atomic E-state index is -0.0972. The number of hydrogen-bond acceptors (Lipinski definition) is 4. The molecule has 0 unspecified atom stereocenters. The van der Waals surface area contributed by atoms with Gasteiger partial charge < -0.3 is 15.1 Å². The molecule has 1 aliphatic heterocycles. The van der Waals surface area contributed by atoms with Crippen molar-refractivity contribution in [2.24, 2.45) is 0 Å². The van der Waals surface area contributed by atoms with Gasteiger partial charge in [0.25, 0.3) is 0 Å². The Kier molecular flexibility index (Phi) is 5.10. The first-order valence-electron chi connectivity index (χ1n) is 7.77. The van der Waals surface area contributed by atoms with Crippen molar-refractivity contribution in [2.45, 2.75) is 0 Å². The summed E-state index contributed by atoms with van der Waals surface area (Å²) < 4.78 is 0. The van der Waals surface area contributed by atoms with Gasteiger partial charge in [-0.2, -0.15) is 0 Å². The van der Waals surface area contributed by atoms with Gasteiger partial charge in [0.1, 0.15) is 0 Å². The summed E-state index contributed by atoms with van der Waals surface area (Å²) >= 11 is 1.62. The summed E-state index contributed by atoms with van der Waals surface area (Å²) in [6.07, 6.45) is 3.44. The summed E-state index contributed by atoms with van der Waals surface area (Å²) in [4.78, 5) is 17.9. The Morgan fingerprint density at radius 2 is 1.91 bits per heavy atom. The van der Waals surface area contributed by atoms with Gasteiger partial charge in [-0.15, -0.1) is 11.3 Å². The van der Waals surface area contributed by atoms with Crippen LogP contribution in [-0.2, 0) is 4.79 Å². The fourth-order valence-electron chi connectivity index (χ4n) is 2.62. The molecule has 4 nitrogen and oxygen atoms in total. The van der Waals surface area contributed by atoms with Crippen molar-refractivity contribution < 1.29 is 4.79 Å². The number of amides is 1. The molecule has 5 heteroatoms. The summed E-state index contributed by atoms with van der Waals surface area (Å²) in [7, 11) is 2.14. The topological polar surface area (TPSA) is 35.6 Å². The van der Waals surface area contributed by atoms with Crippen LogP contribution in [0, 0.1) is 0 Å². The standard InChI is InChI=1S/C18H21N3OS/c1-20-10-12-21(13-11-20)17-7-3-2-6-16(17)19-18(22)9-8-15-5-4-14-23-15/h2-9,14H,10-13H2,1H3,(H,19,22). The predicted molar refractivity (Wildman–Crippen MR) is 98.1 cm³/mol. The maximum absolute atomic E-state index is 12.2. The molecule has 1 saturated heterocycles. The number of likely N-dealkylation sites (N-methyl/N-ethyl adjacent to an activating group) is 1. The van der Waals surface area contributed by atoms with Crippen LogP contribution >= 0.6 is 11.3 Å². The Balaban J connectivity index is 1.69. The minimum absolute atomic E-state index is 0.0972. The van der Waals surface area contributed by atoms with Gasteiger partial charge in [-0.05, 0) is 36.7 Å². The Bertz CT molecular complexity index is 673. The lowest BCUT2D eigenvalue weighted by Crippen LogP contribution is -2.44. The van der Waals surface area contributed by atoms with Gasteiger partial charge in [-0.25, -0.2) is 0 Å². The molecule has 1 fully saturated rings. The van der Waals surface area contributed by atoms with Crippen LogP contribution in [0.3, 0.4) is 0 Å². The van der Waals surface area contributed by atoms with E-state index in [1.807, 2.05) is 41.8 Å². The SMILES string of the molecule is CN1CCN(c2ccccc2NC(=O)C=Cc2cccs2)CC1. The second-order valence-corrected chi connectivity index (χ2v) is 6.62. The van der Waals surface area contributed by atoms with Crippen LogP contribution in [-0.4, -0.2) is 44.0 Å². The molecule has 2 aromatic rings. The normalized spacial score (nSPS) is 16.0. The van der Waals surface area contributed by atoms with Gasteiger partial charge in [0.15, 0.2) is 0 Å². The Hall–Kier alpha value is -2.11. The van der Waals surface area contributed by atoms with Crippen molar-refractivity contribution in [3.8, 4) is 0 Å². The smallest absolute Gasteiger partial charge is 0.248 e. The van der Waals surface area contributed by atoms with Crippen LogP contribution in [0.15, 0.2) is 47.9 Å². The number of anilines is 2. The van der Waals surface area contributed by atoms with Crippen LogP contribution < -0.4 is 10.2 Å². The first-order valence-corrected chi connectivity index (χ1v) is 8.65. The zero-order valence-corrected chi connectivity index (χ0v) is 14.1. The van der Waals surface area contributed by atoms with E-state index in [9.17, 15) is 4.79 Å². The fourth-order valence-corrected chi connectivity index (χ4v) is 3.24. The van der Waals surface area contributed by atoms with E-state index in [4.69, 9.17) is 0 Å². The third-order valence-electron chi connectivity index (χ3n) is 3.95. The number of thiophene rings is 1. The zero-order chi connectivity index (χ0) is 16.1. The molecule has 23 heavy (non-hydrogen) atoms. The van der Waals surface area contributed by atoms with E-state index in [0.717, 1.165) is 42.4 Å². The fraction of sp³-hybridized carbons (Fsp3) is 0.278. The van der Waals surface area contributed by atoms with Crippen LogP contribution in [0.2, 0.25) is 0 Å². The van der Waals surface area contributed by atoms with Crippen molar-refractivity contribution in [1.29, 1.82) is 0 Å². The zero-order valence-electron chi connectivity index (χ0n) is 13.2. The average Bonchev–Trinajstić information content (AvgIpc) is 3.08. The maximum atomic E-state index is 12.2. The van der Waals surface area contributed by atoms with E-state index in [1.54, 1.807) is 17.4 Å². The monoisotopic (exact) mass is 327 g/mol. The molecule has 1 aliphatic rings. The molecule has 0 aliphatic carbocycles. The second-order valence-electron chi connectivity index (χ2n) is 5.65. The van der Waals surface area contributed by atoms with Gasteiger partial charge in [0.05, 0.1) is 11.4 Å². The minimum Gasteiger partial charge on any atom is -0.367 e. The molecule has 1 aromatic carbocycles. The van der Waals surface area contributed by atoms with Crippen LogP contribution in [0.25, 0.3) is 6.08 Å². The molecule has 1 N–H and O–H groups in total. The molecule has 2 heterocycles. The number of carbonyl (C=O) groups excluding carboxylic acids is 1. The Morgan fingerprint density at radius 1 is 1.13 bits per heavy atom. The molecule has 1 aromatic heterocycles. The van der Waals surface area contributed by atoms with Gasteiger partial charge in [-0.3, -0.25) is 4.79 Å². The number of piperazine rings is 1. The highest BCUT2D eigenvalue weighted by atomic mass is 32.1. The highest BCUT2D eigenvalue weighted by molar-refractivity contribution is 7.10. The van der Waals surface area contributed by atoms with E-state index in [2.05, 4.69) is 28.2 Å². The maximum Gasteiger partial charge on any atom is 0.248 e. The molecule has 120 valence electrons. The number of para-hydroxylation sites is 2. The van der Waals surface area contributed by atoms with Crippen molar-refractivity contribution in [3.63, 3.8) is 0 Å². The number of nitrogens with one attached hydrogen (secondary N) is 1. The van der Waals surface area contributed by atoms with Gasteiger partial charge in [0, 0.05) is 37.1 Å². The van der Waals surface area contributed by atoms with Crippen LogP contribution in [0.5, 0.6) is 0 Å². The molecule has 0 radical (unpaired) electrons. The summed E-state index contributed by atoms with van der Waals surface area (Å²) in [6, 6.07) is 12.0. The number of benzene rings is 1. The van der Waals surface area contributed by atoms with E-state index in [-0.39, 0.29) is 5.91 Å². The molecular weight excluding hydrogens is 306 g/mol. The quantitative estimate of drug-likeness (QED) is 0.876. The predicted octanol–water partition coefficient (Wildman–Crippen LogP) is 3.15. The molecule has 0 saturated carbocycles. The molecule has 0 atom stereocenters. The number of hydrogen-bond donors (Lipinski definition) is 1. The van der Waals surface area contributed by atoms with E-state index < -0.39 is 0 Å². The van der Waals surface area contributed by atoms with Crippen molar-refractivity contribution >= 4 is 34.7 Å². The lowest BCUT2D eigenvalue weighted by molar-refractivity contribution is -0.111. The second kappa shape index (κ2) is 7.44. The molecular formula is C18H21N3OS. The highest BCUT2D eigenvalue weighted by Gasteiger charge is 2.17. The summed E-state index contributed by atoms with van der Waals surface area (Å²) in [5.74, 6) is -0.0972. The first-order chi connectivity index (χ1) is 11.2. The van der Waals surface area contributed by atoms with Gasteiger partial charge in [0.2, 0.25) is 5.91 Å². The average molecular weight is 327 g/mol. The highest BCUT2D eigenvalue weighted by Crippen LogP contribution is 2.26. The van der Waals surface area contributed by atoms with Gasteiger partial charge in [-0.1, -0.05) is 18.2 Å². The summed E-state index contributed by atoms with van der Waals surface area (Å²) in [5.41, 5.74) is 1.97. The first kappa shape index (κ1) is 15.8. The third kappa shape index (κ3) is 4.21. The lowest BCUT2D eigenvalue weighted by atomic mass is 10.2.